The Balaban J connectivity index is 1.58. The lowest BCUT2D eigenvalue weighted by Crippen LogP contribution is -2.05. The van der Waals surface area contributed by atoms with Crippen molar-refractivity contribution in [1.29, 1.82) is 0 Å². The van der Waals surface area contributed by atoms with Crippen molar-refractivity contribution in [2.75, 3.05) is 0 Å². The highest BCUT2D eigenvalue weighted by atomic mass is 16.5. The molecule has 0 spiro atoms. The molecule has 0 saturated heterocycles. The summed E-state index contributed by atoms with van der Waals surface area (Å²) in [5, 5.41) is 5.04. The van der Waals surface area contributed by atoms with Crippen LogP contribution >= 0.6 is 0 Å². The molecular formula is C25H23NO. The summed E-state index contributed by atoms with van der Waals surface area (Å²) in [6.45, 7) is 0. The number of aromatic nitrogens is 1. The zero-order chi connectivity index (χ0) is 18.1. The number of ether oxygens (including phenoxy) is 1. The van der Waals surface area contributed by atoms with Crippen molar-refractivity contribution in [3.05, 3.63) is 78.5 Å². The minimum Gasteiger partial charge on any atom is -0.439 e. The maximum absolute atomic E-state index is 5.93. The van der Waals surface area contributed by atoms with E-state index >= 15 is 0 Å². The van der Waals surface area contributed by atoms with Crippen LogP contribution in [0.15, 0.2) is 72.9 Å². The van der Waals surface area contributed by atoms with E-state index in [9.17, 15) is 0 Å². The van der Waals surface area contributed by atoms with Crippen LogP contribution in [0.3, 0.4) is 0 Å². The number of pyridine rings is 1. The zero-order valence-electron chi connectivity index (χ0n) is 15.4. The number of benzene rings is 3. The van der Waals surface area contributed by atoms with Crippen molar-refractivity contribution in [3.63, 3.8) is 0 Å². The lowest BCUT2D eigenvalue weighted by molar-refractivity contribution is 0.445. The average Bonchev–Trinajstić information content (AvgIpc) is 2.73. The van der Waals surface area contributed by atoms with Gasteiger partial charge in [0.05, 0.1) is 0 Å². The van der Waals surface area contributed by atoms with Crippen molar-refractivity contribution in [2.24, 2.45) is 0 Å². The first-order chi connectivity index (χ1) is 13.4. The summed E-state index contributed by atoms with van der Waals surface area (Å²) in [6, 6.07) is 23.2. The summed E-state index contributed by atoms with van der Waals surface area (Å²) in [7, 11) is 0. The minimum absolute atomic E-state index is 0.642. The highest BCUT2D eigenvalue weighted by Crippen LogP contribution is 2.37. The normalized spacial score (nSPS) is 15.3. The molecule has 4 aromatic rings. The third-order valence-corrected chi connectivity index (χ3v) is 5.74. The Bertz CT molecular complexity index is 1080. The molecule has 2 heteroatoms. The van der Waals surface area contributed by atoms with Crippen LogP contribution in [0.5, 0.6) is 11.6 Å². The standard InChI is InChI=1S/C25H23NO/c1-3-8-18(9-4-1)23-13-7-10-19-14-21-17-26-25(16-20(21)15-24(19)23)27-22-11-5-2-6-12-22/h2,5-7,10-18H,1,3-4,8-9H2. The van der Waals surface area contributed by atoms with Crippen molar-refractivity contribution in [2.45, 2.75) is 38.0 Å². The Labute approximate surface area is 159 Å². The number of fused-ring (bicyclic) bond motifs is 2. The van der Waals surface area contributed by atoms with Gasteiger partial charge in [-0.05, 0) is 64.7 Å². The number of rotatable bonds is 3. The van der Waals surface area contributed by atoms with Crippen molar-refractivity contribution < 1.29 is 4.74 Å². The lowest BCUT2D eigenvalue weighted by atomic mass is 9.82. The molecule has 134 valence electrons. The van der Waals surface area contributed by atoms with Gasteiger partial charge in [-0.25, -0.2) is 4.98 Å². The van der Waals surface area contributed by atoms with Gasteiger partial charge in [-0.15, -0.1) is 0 Å². The Morgan fingerprint density at radius 2 is 1.59 bits per heavy atom. The van der Waals surface area contributed by atoms with E-state index in [-0.39, 0.29) is 0 Å². The third kappa shape index (κ3) is 3.28. The summed E-state index contributed by atoms with van der Waals surface area (Å²) in [5.74, 6) is 2.15. The zero-order valence-corrected chi connectivity index (χ0v) is 15.4. The fourth-order valence-corrected chi connectivity index (χ4v) is 4.36. The molecule has 1 fully saturated rings. The molecule has 1 aliphatic carbocycles. The molecule has 0 amide bonds. The van der Waals surface area contributed by atoms with Gasteiger partial charge in [0.25, 0.3) is 0 Å². The number of para-hydroxylation sites is 1. The van der Waals surface area contributed by atoms with Gasteiger partial charge < -0.3 is 4.74 Å². The first-order valence-corrected chi connectivity index (χ1v) is 9.92. The van der Waals surface area contributed by atoms with Gasteiger partial charge in [0.2, 0.25) is 5.88 Å². The van der Waals surface area contributed by atoms with Crippen LogP contribution in [0.2, 0.25) is 0 Å². The van der Waals surface area contributed by atoms with E-state index < -0.39 is 0 Å². The highest BCUT2D eigenvalue weighted by Gasteiger charge is 2.17. The molecule has 0 radical (unpaired) electrons. The number of hydrogen-bond acceptors (Lipinski definition) is 2. The highest BCUT2D eigenvalue weighted by molar-refractivity contribution is 5.99. The van der Waals surface area contributed by atoms with E-state index in [4.69, 9.17) is 4.74 Å². The van der Waals surface area contributed by atoms with E-state index in [1.54, 1.807) is 0 Å². The molecule has 3 aromatic carbocycles. The van der Waals surface area contributed by atoms with E-state index in [0.29, 0.717) is 11.8 Å². The molecule has 0 bridgehead atoms. The molecule has 1 aliphatic rings. The number of hydrogen-bond donors (Lipinski definition) is 0. The summed E-state index contributed by atoms with van der Waals surface area (Å²) in [4.78, 5) is 4.50. The van der Waals surface area contributed by atoms with Crippen molar-refractivity contribution >= 4 is 21.5 Å². The smallest absolute Gasteiger partial charge is 0.219 e. The van der Waals surface area contributed by atoms with Gasteiger partial charge >= 0.3 is 0 Å². The Morgan fingerprint density at radius 1 is 0.741 bits per heavy atom. The quantitative estimate of drug-likeness (QED) is 0.362. The molecule has 0 aliphatic heterocycles. The molecule has 5 rings (SSSR count). The molecule has 1 aromatic heterocycles. The minimum atomic E-state index is 0.642. The number of nitrogens with zero attached hydrogens (tertiary/aromatic N) is 1. The van der Waals surface area contributed by atoms with Gasteiger partial charge in [-0.1, -0.05) is 55.7 Å². The largest absolute Gasteiger partial charge is 0.439 e. The first kappa shape index (κ1) is 16.3. The van der Waals surface area contributed by atoms with Gasteiger partial charge in [0.15, 0.2) is 0 Å². The molecule has 0 N–H and O–H groups in total. The van der Waals surface area contributed by atoms with Crippen LogP contribution in [-0.4, -0.2) is 4.98 Å². The Kier molecular flexibility index (Phi) is 4.25. The molecule has 1 heterocycles. The Hall–Kier alpha value is -2.87. The van der Waals surface area contributed by atoms with E-state index in [2.05, 4.69) is 41.4 Å². The van der Waals surface area contributed by atoms with Crippen molar-refractivity contribution in [1.82, 2.24) is 4.98 Å². The summed E-state index contributed by atoms with van der Waals surface area (Å²) in [6.07, 6.45) is 8.64. The SMILES string of the molecule is c1ccc(Oc2cc3cc4c(C5CCCCC5)cccc4cc3cn2)cc1. The molecule has 2 nitrogen and oxygen atoms in total. The molecular weight excluding hydrogens is 330 g/mol. The maximum atomic E-state index is 5.93. The molecule has 0 atom stereocenters. The van der Waals surface area contributed by atoms with Crippen LogP contribution in [0, 0.1) is 0 Å². The molecule has 0 unspecified atom stereocenters. The first-order valence-electron chi connectivity index (χ1n) is 9.92. The fraction of sp³-hybridized carbons (Fsp3) is 0.240. The van der Waals surface area contributed by atoms with Gasteiger partial charge in [-0.2, -0.15) is 0 Å². The molecule has 1 saturated carbocycles. The average molecular weight is 353 g/mol. The van der Waals surface area contributed by atoms with Gasteiger partial charge in [0, 0.05) is 17.6 Å². The predicted octanol–water partition coefficient (Wildman–Crippen LogP) is 7.23. The summed E-state index contributed by atoms with van der Waals surface area (Å²) >= 11 is 0. The topological polar surface area (TPSA) is 22.1 Å². The molecule has 27 heavy (non-hydrogen) atoms. The second-order valence-corrected chi connectivity index (χ2v) is 7.54. The second-order valence-electron chi connectivity index (χ2n) is 7.54. The Morgan fingerprint density at radius 3 is 2.44 bits per heavy atom. The van der Waals surface area contributed by atoms with Crippen LogP contribution in [0.4, 0.5) is 0 Å². The van der Waals surface area contributed by atoms with Gasteiger partial charge in [-0.3, -0.25) is 0 Å². The van der Waals surface area contributed by atoms with E-state index in [1.165, 1.54) is 53.8 Å². The van der Waals surface area contributed by atoms with Crippen LogP contribution in [0.25, 0.3) is 21.5 Å². The second kappa shape index (κ2) is 7.03. The van der Waals surface area contributed by atoms with Crippen LogP contribution in [0.1, 0.15) is 43.6 Å². The summed E-state index contributed by atoms with van der Waals surface area (Å²) < 4.78 is 5.93. The lowest BCUT2D eigenvalue weighted by Gasteiger charge is -2.23. The van der Waals surface area contributed by atoms with E-state index in [0.717, 1.165) is 11.1 Å². The maximum Gasteiger partial charge on any atom is 0.219 e. The summed E-state index contributed by atoms with van der Waals surface area (Å²) in [5.41, 5.74) is 1.51. The van der Waals surface area contributed by atoms with E-state index in [1.807, 2.05) is 36.5 Å². The fourth-order valence-electron chi connectivity index (χ4n) is 4.36. The monoisotopic (exact) mass is 353 g/mol. The third-order valence-electron chi connectivity index (χ3n) is 5.74. The van der Waals surface area contributed by atoms with Crippen molar-refractivity contribution in [3.8, 4) is 11.6 Å². The van der Waals surface area contributed by atoms with Crippen LogP contribution in [-0.2, 0) is 0 Å². The van der Waals surface area contributed by atoms with Crippen LogP contribution < -0.4 is 4.74 Å². The predicted molar refractivity (Wildman–Crippen MR) is 112 cm³/mol. The van der Waals surface area contributed by atoms with Gasteiger partial charge in [0.1, 0.15) is 5.75 Å².